The van der Waals surface area contributed by atoms with Gasteiger partial charge in [0.15, 0.2) is 0 Å². The Hall–Kier alpha value is -2.08. The molecule has 0 aliphatic heterocycles. The van der Waals surface area contributed by atoms with Crippen LogP contribution < -0.4 is 10.6 Å². The third-order valence-electron chi connectivity index (χ3n) is 3.68. The van der Waals surface area contributed by atoms with Crippen molar-refractivity contribution >= 4 is 62.1 Å². The number of halogens is 2. The fourth-order valence-corrected chi connectivity index (χ4v) is 4.22. The molecule has 2 aromatic carbocycles. The molecular weight excluding hydrogens is 403 g/mol. The average molecular weight is 421 g/mol. The van der Waals surface area contributed by atoms with E-state index in [1.54, 1.807) is 36.4 Å². The fraction of sp³-hybridized carbons (Fsp3) is 0.200. The predicted octanol–water partition coefficient (Wildman–Crippen LogP) is 5.99. The van der Waals surface area contributed by atoms with E-state index in [0.717, 1.165) is 10.1 Å². The lowest BCUT2D eigenvalue weighted by Gasteiger charge is -2.19. The number of amides is 2. The minimum atomic E-state index is -0.375. The Balaban J connectivity index is 1.97. The SMILES string of the molecule is CC(C)(C)NC(=O)c1sc2c(NC(=O)c3cccc(Cl)c3)cccc2c1Cl. The molecule has 0 aliphatic carbocycles. The number of benzene rings is 2. The summed E-state index contributed by atoms with van der Waals surface area (Å²) >= 11 is 13.7. The van der Waals surface area contributed by atoms with Gasteiger partial charge in [-0.25, -0.2) is 0 Å². The van der Waals surface area contributed by atoms with Gasteiger partial charge in [0.05, 0.1) is 15.4 Å². The summed E-state index contributed by atoms with van der Waals surface area (Å²) in [5.41, 5.74) is 0.673. The van der Waals surface area contributed by atoms with Crippen molar-refractivity contribution in [1.29, 1.82) is 0 Å². The van der Waals surface area contributed by atoms with Gasteiger partial charge in [-0.3, -0.25) is 9.59 Å². The molecule has 3 rings (SSSR count). The minimum absolute atomic E-state index is 0.235. The maximum atomic E-state index is 12.6. The third-order valence-corrected chi connectivity index (χ3v) is 5.66. The monoisotopic (exact) mass is 420 g/mol. The van der Waals surface area contributed by atoms with Crippen LogP contribution in [-0.2, 0) is 0 Å². The molecule has 0 bridgehead atoms. The first-order chi connectivity index (χ1) is 12.7. The highest BCUT2D eigenvalue weighted by Crippen LogP contribution is 2.39. The molecular formula is C20H18Cl2N2O2S. The topological polar surface area (TPSA) is 58.2 Å². The van der Waals surface area contributed by atoms with Crippen LogP contribution in [0.3, 0.4) is 0 Å². The summed E-state index contributed by atoms with van der Waals surface area (Å²) in [4.78, 5) is 25.5. The van der Waals surface area contributed by atoms with Crippen LogP contribution in [0.4, 0.5) is 5.69 Å². The van der Waals surface area contributed by atoms with Gasteiger partial charge in [0.1, 0.15) is 4.88 Å². The second kappa shape index (κ2) is 7.50. The first kappa shape index (κ1) is 19.7. The standard InChI is InChI=1S/C20H18Cl2N2O2S/c1-20(2,3)24-19(26)17-15(22)13-8-5-9-14(16(13)27-17)23-18(25)11-6-4-7-12(21)10-11/h4-10H,1-3H3,(H,23,25)(H,24,26). The lowest BCUT2D eigenvalue weighted by Crippen LogP contribution is -2.40. The molecule has 0 saturated heterocycles. The van der Waals surface area contributed by atoms with E-state index in [-0.39, 0.29) is 17.4 Å². The van der Waals surface area contributed by atoms with Crippen molar-refractivity contribution in [2.75, 3.05) is 5.32 Å². The van der Waals surface area contributed by atoms with Crippen molar-refractivity contribution in [2.24, 2.45) is 0 Å². The fourth-order valence-electron chi connectivity index (χ4n) is 2.56. The predicted molar refractivity (Wildman–Crippen MR) is 113 cm³/mol. The van der Waals surface area contributed by atoms with Gasteiger partial charge in [-0.1, -0.05) is 41.4 Å². The van der Waals surface area contributed by atoms with Crippen molar-refractivity contribution < 1.29 is 9.59 Å². The van der Waals surface area contributed by atoms with Crippen LogP contribution in [0.15, 0.2) is 42.5 Å². The molecule has 2 N–H and O–H groups in total. The van der Waals surface area contributed by atoms with E-state index in [2.05, 4.69) is 10.6 Å². The van der Waals surface area contributed by atoms with Gasteiger partial charge in [0.25, 0.3) is 11.8 Å². The summed E-state index contributed by atoms with van der Waals surface area (Å²) in [5.74, 6) is -0.518. The smallest absolute Gasteiger partial charge is 0.263 e. The minimum Gasteiger partial charge on any atom is -0.347 e. The largest absolute Gasteiger partial charge is 0.347 e. The number of hydrogen-bond donors (Lipinski definition) is 2. The van der Waals surface area contributed by atoms with Gasteiger partial charge in [-0.15, -0.1) is 11.3 Å². The lowest BCUT2D eigenvalue weighted by molar-refractivity contribution is 0.0923. The van der Waals surface area contributed by atoms with Gasteiger partial charge in [-0.05, 0) is 45.0 Å². The number of thiophene rings is 1. The highest BCUT2D eigenvalue weighted by Gasteiger charge is 2.22. The maximum Gasteiger partial charge on any atom is 0.263 e. The summed E-state index contributed by atoms with van der Waals surface area (Å²) in [6, 6.07) is 12.1. The van der Waals surface area contributed by atoms with Crippen molar-refractivity contribution in [3.63, 3.8) is 0 Å². The Bertz CT molecular complexity index is 1040. The van der Waals surface area contributed by atoms with Crippen molar-refractivity contribution in [2.45, 2.75) is 26.3 Å². The molecule has 0 unspecified atom stereocenters. The molecule has 0 aliphatic rings. The maximum absolute atomic E-state index is 12.6. The molecule has 4 nitrogen and oxygen atoms in total. The van der Waals surface area contributed by atoms with E-state index in [0.29, 0.717) is 26.2 Å². The zero-order valence-corrected chi connectivity index (χ0v) is 17.4. The Kier molecular flexibility index (Phi) is 5.47. The summed E-state index contributed by atoms with van der Waals surface area (Å²) in [6.07, 6.45) is 0. The van der Waals surface area contributed by atoms with E-state index in [9.17, 15) is 9.59 Å². The van der Waals surface area contributed by atoms with Gasteiger partial charge in [0.2, 0.25) is 0 Å². The van der Waals surface area contributed by atoms with Crippen molar-refractivity contribution in [1.82, 2.24) is 5.32 Å². The van der Waals surface area contributed by atoms with E-state index >= 15 is 0 Å². The zero-order valence-electron chi connectivity index (χ0n) is 15.0. The van der Waals surface area contributed by atoms with Crippen LogP contribution in [0.5, 0.6) is 0 Å². The van der Waals surface area contributed by atoms with Crippen LogP contribution in [0.1, 0.15) is 40.8 Å². The molecule has 1 aromatic heterocycles. The molecule has 0 radical (unpaired) electrons. The molecule has 7 heteroatoms. The molecule has 0 atom stereocenters. The van der Waals surface area contributed by atoms with Crippen LogP contribution in [-0.4, -0.2) is 17.4 Å². The summed E-state index contributed by atoms with van der Waals surface area (Å²) in [7, 11) is 0. The van der Waals surface area contributed by atoms with Crippen LogP contribution in [0.25, 0.3) is 10.1 Å². The number of hydrogen-bond acceptors (Lipinski definition) is 3. The molecule has 2 amide bonds. The van der Waals surface area contributed by atoms with Crippen molar-refractivity contribution in [3.05, 3.63) is 63.0 Å². The molecule has 0 spiro atoms. The molecule has 1 heterocycles. The number of fused-ring (bicyclic) bond motifs is 1. The highest BCUT2D eigenvalue weighted by atomic mass is 35.5. The van der Waals surface area contributed by atoms with Gasteiger partial charge in [-0.2, -0.15) is 0 Å². The number of rotatable bonds is 3. The lowest BCUT2D eigenvalue weighted by atomic mass is 10.1. The summed E-state index contributed by atoms with van der Waals surface area (Å²) in [6.45, 7) is 5.72. The van der Waals surface area contributed by atoms with Gasteiger partial charge < -0.3 is 10.6 Å². The molecule has 0 fully saturated rings. The van der Waals surface area contributed by atoms with E-state index in [4.69, 9.17) is 23.2 Å². The van der Waals surface area contributed by atoms with Crippen LogP contribution in [0.2, 0.25) is 10.0 Å². The zero-order chi connectivity index (χ0) is 19.8. The third kappa shape index (κ3) is 4.43. The quantitative estimate of drug-likeness (QED) is 0.546. The number of nitrogens with one attached hydrogen (secondary N) is 2. The van der Waals surface area contributed by atoms with E-state index in [1.807, 2.05) is 26.8 Å². The first-order valence-electron chi connectivity index (χ1n) is 8.26. The van der Waals surface area contributed by atoms with E-state index in [1.165, 1.54) is 11.3 Å². The first-order valence-corrected chi connectivity index (χ1v) is 9.83. The number of carbonyl (C=O) groups is 2. The normalized spacial score (nSPS) is 11.4. The molecule has 0 saturated carbocycles. The van der Waals surface area contributed by atoms with E-state index < -0.39 is 0 Å². The van der Waals surface area contributed by atoms with Gasteiger partial charge in [0, 0.05) is 21.5 Å². The average Bonchev–Trinajstić information content (AvgIpc) is 2.92. The van der Waals surface area contributed by atoms with Crippen molar-refractivity contribution in [3.8, 4) is 0 Å². The number of carbonyl (C=O) groups excluding carboxylic acids is 2. The Labute approximate surface area is 171 Å². The van der Waals surface area contributed by atoms with Crippen LogP contribution >= 0.6 is 34.5 Å². The summed E-state index contributed by atoms with van der Waals surface area (Å²) in [5, 5.41) is 7.39. The Morgan fingerprint density at radius 2 is 1.70 bits per heavy atom. The number of anilines is 1. The Morgan fingerprint density at radius 3 is 2.37 bits per heavy atom. The Morgan fingerprint density at radius 1 is 1.00 bits per heavy atom. The summed E-state index contributed by atoms with van der Waals surface area (Å²) < 4.78 is 0.747. The second-order valence-corrected chi connectivity index (χ2v) is 8.93. The van der Waals surface area contributed by atoms with Gasteiger partial charge >= 0.3 is 0 Å². The van der Waals surface area contributed by atoms with Crippen LogP contribution in [0, 0.1) is 0 Å². The molecule has 27 heavy (non-hydrogen) atoms. The second-order valence-electron chi connectivity index (χ2n) is 7.10. The molecule has 140 valence electrons. The highest BCUT2D eigenvalue weighted by molar-refractivity contribution is 7.22. The molecule has 3 aromatic rings.